The summed E-state index contributed by atoms with van der Waals surface area (Å²) < 4.78 is 11.1. The molecule has 0 radical (unpaired) electrons. The summed E-state index contributed by atoms with van der Waals surface area (Å²) in [6.07, 6.45) is 2.61. The number of piperidine rings is 1. The third-order valence-electron chi connectivity index (χ3n) is 5.48. The number of likely N-dealkylation sites (N-methyl/N-ethyl adjacent to an activating group) is 1. The predicted molar refractivity (Wildman–Crippen MR) is 96.6 cm³/mol. The van der Waals surface area contributed by atoms with Gasteiger partial charge in [0.2, 0.25) is 11.8 Å². The van der Waals surface area contributed by atoms with Gasteiger partial charge in [0.05, 0.1) is 0 Å². The highest BCUT2D eigenvalue weighted by Crippen LogP contribution is 2.36. The zero-order valence-electron chi connectivity index (χ0n) is 15.1. The molecule has 0 saturated carbocycles. The molecule has 3 aliphatic rings. The van der Waals surface area contributed by atoms with Crippen LogP contribution in [0.25, 0.3) is 0 Å². The molecule has 3 heterocycles. The van der Waals surface area contributed by atoms with Crippen LogP contribution >= 0.6 is 0 Å². The first kappa shape index (κ1) is 17.1. The third-order valence-corrected chi connectivity index (χ3v) is 5.48. The number of ether oxygens (including phenoxy) is 2. The van der Waals surface area contributed by atoms with Crippen molar-refractivity contribution in [1.29, 1.82) is 0 Å². The molecule has 1 aromatic carbocycles. The molecule has 4 rings (SSSR count). The number of amides is 2. The molecule has 1 aromatic rings. The second kappa shape index (κ2) is 7.15. The topological polar surface area (TPSA) is 71.1 Å². The number of likely N-dealkylation sites (tertiary alicyclic amines) is 1. The first-order chi connectivity index (χ1) is 12.7. The molecule has 2 amide bonds. The van der Waals surface area contributed by atoms with Crippen molar-refractivity contribution in [3.63, 3.8) is 0 Å². The van der Waals surface area contributed by atoms with Gasteiger partial charge in [-0.1, -0.05) is 0 Å². The summed E-state index contributed by atoms with van der Waals surface area (Å²) in [6, 6.07) is 5.83. The number of carbonyl (C=O) groups is 2. The molecular weight excluding hydrogens is 334 g/mol. The number of hydrogen-bond donors (Lipinski definition) is 1. The highest BCUT2D eigenvalue weighted by atomic mass is 16.6. The van der Waals surface area contributed by atoms with E-state index in [1.165, 1.54) is 0 Å². The number of anilines is 1. The minimum Gasteiger partial charge on any atom is -0.486 e. The van der Waals surface area contributed by atoms with Crippen LogP contribution in [0.2, 0.25) is 0 Å². The summed E-state index contributed by atoms with van der Waals surface area (Å²) in [5.74, 6) is 0.641. The van der Waals surface area contributed by atoms with Gasteiger partial charge in [-0.3, -0.25) is 9.59 Å². The normalized spacial score (nSPS) is 25.5. The lowest BCUT2D eigenvalue weighted by atomic mass is 10.0. The largest absolute Gasteiger partial charge is 0.486 e. The van der Waals surface area contributed by atoms with Crippen LogP contribution in [0.1, 0.15) is 19.3 Å². The molecule has 2 unspecified atom stereocenters. The second-order valence-electron chi connectivity index (χ2n) is 7.07. The monoisotopic (exact) mass is 359 g/mol. The molecule has 0 aromatic heterocycles. The first-order valence-corrected chi connectivity index (χ1v) is 9.34. The van der Waals surface area contributed by atoms with E-state index < -0.39 is 5.92 Å². The van der Waals surface area contributed by atoms with Gasteiger partial charge in [0, 0.05) is 37.4 Å². The molecular formula is C19H25N3O4. The Morgan fingerprint density at radius 1 is 1.15 bits per heavy atom. The summed E-state index contributed by atoms with van der Waals surface area (Å²) in [7, 11) is 1.92. The van der Waals surface area contributed by atoms with Gasteiger partial charge in [-0.25, -0.2) is 0 Å². The zero-order valence-corrected chi connectivity index (χ0v) is 15.1. The number of nitrogens with zero attached hydrogens (tertiary/aromatic N) is 2. The molecule has 3 aliphatic heterocycles. The van der Waals surface area contributed by atoms with E-state index in [1.807, 2.05) is 30.1 Å². The number of carbonyl (C=O) groups excluding carboxylic acids is 2. The van der Waals surface area contributed by atoms with E-state index >= 15 is 0 Å². The third kappa shape index (κ3) is 3.11. The van der Waals surface area contributed by atoms with Gasteiger partial charge < -0.3 is 24.6 Å². The van der Waals surface area contributed by atoms with E-state index in [-0.39, 0.29) is 11.8 Å². The Morgan fingerprint density at radius 2 is 1.96 bits per heavy atom. The van der Waals surface area contributed by atoms with Crippen LogP contribution in [0.3, 0.4) is 0 Å². The molecule has 0 spiro atoms. The lowest BCUT2D eigenvalue weighted by Crippen LogP contribution is -2.49. The highest BCUT2D eigenvalue weighted by Gasteiger charge is 2.40. The fourth-order valence-corrected chi connectivity index (χ4v) is 4.00. The Labute approximate surface area is 153 Å². The van der Waals surface area contributed by atoms with E-state index in [1.54, 1.807) is 4.90 Å². The van der Waals surface area contributed by atoms with Crippen LogP contribution in [-0.4, -0.2) is 62.7 Å². The van der Waals surface area contributed by atoms with Gasteiger partial charge in [0.1, 0.15) is 19.1 Å². The van der Waals surface area contributed by atoms with Gasteiger partial charge in [0.25, 0.3) is 0 Å². The van der Waals surface area contributed by atoms with Crippen molar-refractivity contribution < 1.29 is 19.1 Å². The van der Waals surface area contributed by atoms with Crippen LogP contribution in [0.15, 0.2) is 18.2 Å². The van der Waals surface area contributed by atoms with Crippen molar-refractivity contribution in [1.82, 2.24) is 10.2 Å². The summed E-state index contributed by atoms with van der Waals surface area (Å²) in [6.45, 7) is 3.02. The molecule has 7 nitrogen and oxygen atoms in total. The first-order valence-electron chi connectivity index (χ1n) is 9.34. The molecule has 7 heteroatoms. The maximum absolute atomic E-state index is 12.9. The summed E-state index contributed by atoms with van der Waals surface area (Å²) in [5.41, 5.74) is 0.765. The van der Waals surface area contributed by atoms with Crippen molar-refractivity contribution >= 4 is 17.5 Å². The molecule has 0 bridgehead atoms. The van der Waals surface area contributed by atoms with E-state index in [9.17, 15) is 9.59 Å². The Bertz CT molecular complexity index is 708. The molecule has 1 N–H and O–H groups in total. The standard InChI is InChI=1S/C19H25N3O4/c1-20-13-3-2-7-21(12-13)18(23)15-6-8-22(19(15)24)14-4-5-16-17(11-14)26-10-9-25-16/h4-5,11,13,15,20H,2-3,6-10,12H2,1H3. The van der Waals surface area contributed by atoms with Crippen LogP contribution in [-0.2, 0) is 9.59 Å². The smallest absolute Gasteiger partial charge is 0.239 e. The zero-order chi connectivity index (χ0) is 18.1. The van der Waals surface area contributed by atoms with Crippen molar-refractivity contribution in [2.24, 2.45) is 5.92 Å². The molecule has 140 valence electrons. The minimum absolute atomic E-state index is 0.0324. The number of fused-ring (bicyclic) bond motifs is 1. The van der Waals surface area contributed by atoms with Crippen molar-refractivity contribution in [2.75, 3.05) is 44.8 Å². The van der Waals surface area contributed by atoms with Crippen molar-refractivity contribution in [3.8, 4) is 11.5 Å². The maximum atomic E-state index is 12.9. The predicted octanol–water partition coefficient (Wildman–Crippen LogP) is 1.02. The number of rotatable bonds is 3. The SMILES string of the molecule is CNC1CCCN(C(=O)C2CCN(c3ccc4c(c3)OCCO4)C2=O)C1. The number of nitrogens with one attached hydrogen (secondary N) is 1. The van der Waals surface area contributed by atoms with Gasteiger partial charge in [-0.05, 0) is 38.4 Å². The lowest BCUT2D eigenvalue weighted by molar-refractivity contribution is -0.140. The van der Waals surface area contributed by atoms with Gasteiger partial charge in [-0.15, -0.1) is 0 Å². The number of hydrogen-bond acceptors (Lipinski definition) is 5. The Balaban J connectivity index is 1.47. The average molecular weight is 359 g/mol. The average Bonchev–Trinajstić information content (AvgIpc) is 3.08. The van der Waals surface area contributed by atoms with Crippen LogP contribution in [0.5, 0.6) is 11.5 Å². The molecule has 0 aliphatic carbocycles. The Kier molecular flexibility index (Phi) is 4.72. The van der Waals surface area contributed by atoms with Crippen molar-refractivity contribution in [3.05, 3.63) is 18.2 Å². The van der Waals surface area contributed by atoms with E-state index in [4.69, 9.17) is 9.47 Å². The molecule has 2 saturated heterocycles. The van der Waals surface area contributed by atoms with E-state index in [2.05, 4.69) is 5.32 Å². The van der Waals surface area contributed by atoms with E-state index in [0.29, 0.717) is 50.3 Å². The molecule has 2 fully saturated rings. The minimum atomic E-state index is -0.571. The van der Waals surface area contributed by atoms with E-state index in [0.717, 1.165) is 25.1 Å². The molecule has 2 atom stereocenters. The van der Waals surface area contributed by atoms with Crippen LogP contribution < -0.4 is 19.7 Å². The molecule has 26 heavy (non-hydrogen) atoms. The summed E-state index contributed by atoms with van der Waals surface area (Å²) in [5, 5.41) is 3.24. The lowest BCUT2D eigenvalue weighted by Gasteiger charge is -2.33. The fourth-order valence-electron chi connectivity index (χ4n) is 4.00. The summed E-state index contributed by atoms with van der Waals surface area (Å²) in [4.78, 5) is 29.3. The maximum Gasteiger partial charge on any atom is 0.239 e. The van der Waals surface area contributed by atoms with Crippen molar-refractivity contribution in [2.45, 2.75) is 25.3 Å². The van der Waals surface area contributed by atoms with Gasteiger partial charge in [0.15, 0.2) is 11.5 Å². The van der Waals surface area contributed by atoms with Gasteiger partial charge in [-0.2, -0.15) is 0 Å². The fraction of sp³-hybridized carbons (Fsp3) is 0.579. The van der Waals surface area contributed by atoms with Crippen LogP contribution in [0.4, 0.5) is 5.69 Å². The Hall–Kier alpha value is -2.28. The van der Waals surface area contributed by atoms with Gasteiger partial charge >= 0.3 is 0 Å². The highest BCUT2D eigenvalue weighted by molar-refractivity contribution is 6.09. The van der Waals surface area contributed by atoms with Crippen LogP contribution in [0, 0.1) is 5.92 Å². The second-order valence-corrected chi connectivity index (χ2v) is 7.07. The summed E-state index contributed by atoms with van der Waals surface area (Å²) >= 11 is 0. The quantitative estimate of drug-likeness (QED) is 0.816. The Morgan fingerprint density at radius 3 is 2.77 bits per heavy atom. The number of benzene rings is 1.